The number of hydrogen-bond donors (Lipinski definition) is 1. The molecule has 0 amide bonds. The van der Waals surface area contributed by atoms with Crippen LogP contribution in [0.5, 0.6) is 0 Å². The monoisotopic (exact) mass is 275 g/mol. The van der Waals surface area contributed by atoms with Crippen LogP contribution in [-0.2, 0) is 6.18 Å². The zero-order valence-electron chi connectivity index (χ0n) is 10.0. The van der Waals surface area contributed by atoms with Crippen LogP contribution in [-0.4, -0.2) is 11.8 Å². The first-order chi connectivity index (χ1) is 8.79. The first kappa shape index (κ1) is 14.0. The van der Waals surface area contributed by atoms with Gasteiger partial charge in [-0.3, -0.25) is 4.79 Å². The molecule has 6 heteroatoms. The molecule has 1 aromatic rings. The number of carbonyl (C=O) groups is 1. The Balaban J connectivity index is 2.28. The largest absolute Gasteiger partial charge is 0.419 e. The van der Waals surface area contributed by atoms with Crippen LogP contribution in [0.15, 0.2) is 18.2 Å². The Kier molecular flexibility index (Phi) is 3.62. The Labute approximate surface area is 107 Å². The van der Waals surface area contributed by atoms with Gasteiger partial charge in [0, 0.05) is 17.5 Å². The highest BCUT2D eigenvalue weighted by Gasteiger charge is 2.36. The maximum atomic E-state index is 13.1. The van der Waals surface area contributed by atoms with Gasteiger partial charge in [-0.15, -0.1) is 0 Å². The molecule has 0 saturated heterocycles. The summed E-state index contributed by atoms with van der Waals surface area (Å²) in [6.07, 6.45) is -3.08. The molecule has 1 fully saturated rings. The first-order valence-electron chi connectivity index (χ1n) is 5.95. The number of carbonyl (C=O) groups excluding carboxylic acids is 1. The van der Waals surface area contributed by atoms with Crippen LogP contribution in [0.25, 0.3) is 0 Å². The van der Waals surface area contributed by atoms with Crippen molar-refractivity contribution in [3.05, 3.63) is 35.1 Å². The molecule has 1 aromatic carbocycles. The second-order valence-corrected chi connectivity index (χ2v) is 4.83. The fourth-order valence-corrected chi connectivity index (χ4v) is 2.39. The molecule has 0 bridgehead atoms. The van der Waals surface area contributed by atoms with Gasteiger partial charge in [0.1, 0.15) is 5.82 Å². The van der Waals surface area contributed by atoms with Crippen molar-refractivity contribution in [3.8, 4) is 0 Å². The summed E-state index contributed by atoms with van der Waals surface area (Å²) in [6.45, 7) is 0. The Morgan fingerprint density at radius 3 is 2.47 bits per heavy atom. The minimum absolute atomic E-state index is 0.0866. The van der Waals surface area contributed by atoms with E-state index in [0.717, 1.165) is 6.07 Å². The summed E-state index contributed by atoms with van der Waals surface area (Å²) in [5, 5.41) is 0. The van der Waals surface area contributed by atoms with Crippen LogP contribution in [0.4, 0.5) is 17.6 Å². The van der Waals surface area contributed by atoms with Crippen molar-refractivity contribution in [2.75, 3.05) is 0 Å². The van der Waals surface area contributed by atoms with Gasteiger partial charge in [-0.05, 0) is 37.5 Å². The van der Waals surface area contributed by atoms with E-state index >= 15 is 0 Å². The van der Waals surface area contributed by atoms with Crippen molar-refractivity contribution in [3.63, 3.8) is 0 Å². The molecule has 0 heterocycles. The highest BCUT2D eigenvalue weighted by Crippen LogP contribution is 2.33. The van der Waals surface area contributed by atoms with Gasteiger partial charge >= 0.3 is 6.18 Å². The molecule has 2 N–H and O–H groups in total. The van der Waals surface area contributed by atoms with Gasteiger partial charge in [0.15, 0.2) is 5.78 Å². The van der Waals surface area contributed by atoms with Crippen LogP contribution in [0.3, 0.4) is 0 Å². The molecule has 2 unspecified atom stereocenters. The molecule has 0 spiro atoms. The van der Waals surface area contributed by atoms with E-state index in [0.29, 0.717) is 31.4 Å². The van der Waals surface area contributed by atoms with E-state index < -0.39 is 23.3 Å². The van der Waals surface area contributed by atoms with E-state index in [1.54, 1.807) is 0 Å². The summed E-state index contributed by atoms with van der Waals surface area (Å²) in [6, 6.07) is 2.28. The van der Waals surface area contributed by atoms with Gasteiger partial charge < -0.3 is 5.73 Å². The van der Waals surface area contributed by atoms with Gasteiger partial charge in [0.2, 0.25) is 0 Å². The highest BCUT2D eigenvalue weighted by atomic mass is 19.4. The second-order valence-electron chi connectivity index (χ2n) is 4.83. The Bertz CT molecular complexity index is 498. The third kappa shape index (κ3) is 2.94. The second kappa shape index (κ2) is 4.92. The number of rotatable bonds is 2. The predicted octanol–water partition coefficient (Wildman–Crippen LogP) is 3.15. The SMILES string of the molecule is NC1CCC(C(=O)c2ccc(F)c(C(F)(F)F)c2)C1. The normalized spacial score (nSPS) is 23.6. The number of halogens is 4. The number of ketones is 1. The molecule has 1 aliphatic carbocycles. The van der Waals surface area contributed by atoms with Crippen molar-refractivity contribution in [2.24, 2.45) is 11.7 Å². The lowest BCUT2D eigenvalue weighted by atomic mass is 9.94. The van der Waals surface area contributed by atoms with E-state index in [-0.39, 0.29) is 17.5 Å². The van der Waals surface area contributed by atoms with Gasteiger partial charge in [-0.25, -0.2) is 4.39 Å². The van der Waals surface area contributed by atoms with Crippen molar-refractivity contribution >= 4 is 5.78 Å². The minimum atomic E-state index is -4.80. The van der Waals surface area contributed by atoms with Crippen molar-refractivity contribution < 1.29 is 22.4 Å². The highest BCUT2D eigenvalue weighted by molar-refractivity contribution is 5.98. The topological polar surface area (TPSA) is 43.1 Å². The Hall–Kier alpha value is -1.43. The zero-order chi connectivity index (χ0) is 14.2. The molecule has 2 nitrogen and oxygen atoms in total. The molecule has 19 heavy (non-hydrogen) atoms. The van der Waals surface area contributed by atoms with Gasteiger partial charge in [-0.1, -0.05) is 0 Å². The number of hydrogen-bond acceptors (Lipinski definition) is 2. The molecule has 1 aliphatic rings. The quantitative estimate of drug-likeness (QED) is 0.665. The third-order valence-electron chi connectivity index (χ3n) is 3.40. The summed E-state index contributed by atoms with van der Waals surface area (Å²) in [4.78, 5) is 12.0. The average molecular weight is 275 g/mol. The summed E-state index contributed by atoms with van der Waals surface area (Å²) < 4.78 is 50.8. The number of alkyl halides is 3. The molecule has 0 radical (unpaired) electrons. The van der Waals surface area contributed by atoms with Crippen LogP contribution in [0.2, 0.25) is 0 Å². The van der Waals surface area contributed by atoms with Crippen LogP contribution < -0.4 is 5.73 Å². The lowest BCUT2D eigenvalue weighted by Crippen LogP contribution is -2.19. The molecular formula is C13H13F4NO. The van der Waals surface area contributed by atoms with Gasteiger partial charge in [0.25, 0.3) is 0 Å². The fourth-order valence-electron chi connectivity index (χ4n) is 2.39. The van der Waals surface area contributed by atoms with Crippen LogP contribution >= 0.6 is 0 Å². The number of Topliss-reactive ketones (excluding diaryl/α,β-unsaturated/α-hetero) is 1. The standard InChI is InChI=1S/C13H13F4NO/c14-11-4-2-8(6-10(11)13(15,16)17)12(19)7-1-3-9(18)5-7/h2,4,6-7,9H,1,3,5,18H2. The van der Waals surface area contributed by atoms with E-state index in [1.807, 2.05) is 0 Å². The maximum Gasteiger partial charge on any atom is 0.419 e. The Morgan fingerprint density at radius 2 is 1.95 bits per heavy atom. The predicted molar refractivity (Wildman–Crippen MR) is 61.0 cm³/mol. The molecule has 2 rings (SSSR count). The summed E-state index contributed by atoms with van der Waals surface area (Å²) >= 11 is 0. The smallest absolute Gasteiger partial charge is 0.328 e. The molecule has 0 aromatic heterocycles. The maximum absolute atomic E-state index is 13.1. The molecule has 0 aliphatic heterocycles. The molecule has 2 atom stereocenters. The van der Waals surface area contributed by atoms with Gasteiger partial charge in [0.05, 0.1) is 5.56 Å². The minimum Gasteiger partial charge on any atom is -0.328 e. The molecule has 104 valence electrons. The van der Waals surface area contributed by atoms with Gasteiger partial charge in [-0.2, -0.15) is 13.2 Å². The van der Waals surface area contributed by atoms with Crippen LogP contribution in [0, 0.1) is 11.7 Å². The first-order valence-corrected chi connectivity index (χ1v) is 5.95. The van der Waals surface area contributed by atoms with Crippen molar-refractivity contribution in [1.82, 2.24) is 0 Å². The van der Waals surface area contributed by atoms with Crippen LogP contribution in [0.1, 0.15) is 35.2 Å². The average Bonchev–Trinajstić information content (AvgIpc) is 2.74. The van der Waals surface area contributed by atoms with E-state index in [2.05, 4.69) is 0 Å². The lowest BCUT2D eigenvalue weighted by molar-refractivity contribution is -0.140. The molecular weight excluding hydrogens is 262 g/mol. The van der Waals surface area contributed by atoms with E-state index in [9.17, 15) is 22.4 Å². The summed E-state index contributed by atoms with van der Waals surface area (Å²) in [5.41, 5.74) is 4.17. The van der Waals surface area contributed by atoms with Crippen molar-refractivity contribution in [2.45, 2.75) is 31.5 Å². The van der Waals surface area contributed by atoms with E-state index in [1.165, 1.54) is 0 Å². The fraction of sp³-hybridized carbons (Fsp3) is 0.462. The van der Waals surface area contributed by atoms with E-state index in [4.69, 9.17) is 5.73 Å². The lowest BCUT2D eigenvalue weighted by Gasteiger charge is -2.12. The number of nitrogens with two attached hydrogens (primary N) is 1. The third-order valence-corrected chi connectivity index (χ3v) is 3.40. The van der Waals surface area contributed by atoms with Crippen molar-refractivity contribution in [1.29, 1.82) is 0 Å². The molecule has 1 saturated carbocycles. The zero-order valence-corrected chi connectivity index (χ0v) is 10.0. The summed E-state index contributed by atoms with van der Waals surface area (Å²) in [5.74, 6) is -2.12. The Morgan fingerprint density at radius 1 is 1.26 bits per heavy atom. The summed E-state index contributed by atoms with van der Waals surface area (Å²) in [7, 11) is 0. The number of benzene rings is 1.